The number of hydrogen-bond acceptors (Lipinski definition) is 4. The Bertz CT molecular complexity index is 158. The van der Waals surface area contributed by atoms with Crippen LogP contribution in [-0.4, -0.2) is 61.8 Å². The summed E-state index contributed by atoms with van der Waals surface area (Å²) in [6, 6.07) is 0. The molecule has 0 saturated carbocycles. The first-order valence-corrected chi connectivity index (χ1v) is 7.00. The largest absolute Gasteiger partial charge is 0.380 e. The lowest BCUT2D eigenvalue weighted by molar-refractivity contribution is 0.148. The topological polar surface area (TPSA) is 24.5 Å². The van der Waals surface area contributed by atoms with Crippen LogP contribution in [-0.2, 0) is 4.74 Å². The van der Waals surface area contributed by atoms with Gasteiger partial charge in [0.2, 0.25) is 0 Å². The molecule has 0 aromatic carbocycles. The lowest BCUT2D eigenvalue weighted by atomic mass is 10.3. The van der Waals surface area contributed by atoms with Crippen LogP contribution in [0.5, 0.6) is 0 Å². The van der Waals surface area contributed by atoms with Gasteiger partial charge in [0.05, 0.1) is 6.61 Å². The molecule has 1 heterocycles. The van der Waals surface area contributed by atoms with Gasteiger partial charge in [-0.25, -0.2) is 0 Å². The molecular formula is C11H24N2OS. The van der Waals surface area contributed by atoms with Gasteiger partial charge in [-0.1, -0.05) is 6.92 Å². The van der Waals surface area contributed by atoms with Gasteiger partial charge in [0.25, 0.3) is 0 Å². The summed E-state index contributed by atoms with van der Waals surface area (Å²) in [6.07, 6.45) is 0. The van der Waals surface area contributed by atoms with E-state index in [0.29, 0.717) is 0 Å². The summed E-state index contributed by atoms with van der Waals surface area (Å²) in [6.45, 7) is 11.8. The van der Waals surface area contributed by atoms with Crippen molar-refractivity contribution < 1.29 is 4.74 Å². The van der Waals surface area contributed by atoms with Crippen molar-refractivity contribution in [1.29, 1.82) is 0 Å². The highest BCUT2D eigenvalue weighted by atomic mass is 32.2. The third-order valence-electron chi connectivity index (χ3n) is 2.56. The Morgan fingerprint density at radius 2 is 2.33 bits per heavy atom. The number of hydrogen-bond donors (Lipinski definition) is 1. The Morgan fingerprint density at radius 1 is 1.47 bits per heavy atom. The molecule has 0 aromatic heterocycles. The van der Waals surface area contributed by atoms with Crippen LogP contribution in [0.15, 0.2) is 0 Å². The Hall–Kier alpha value is 0.230. The van der Waals surface area contributed by atoms with Gasteiger partial charge in [0.1, 0.15) is 0 Å². The second-order valence-corrected chi connectivity index (χ2v) is 5.48. The molecule has 90 valence electrons. The fraction of sp³-hybridized carbons (Fsp3) is 1.00. The third kappa shape index (κ3) is 6.40. The Kier molecular flexibility index (Phi) is 7.44. The number of nitrogens with zero attached hydrogens (tertiary/aromatic N) is 1. The highest BCUT2D eigenvalue weighted by Gasteiger charge is 2.15. The van der Waals surface area contributed by atoms with Gasteiger partial charge in [0, 0.05) is 50.3 Å². The summed E-state index contributed by atoms with van der Waals surface area (Å²) >= 11 is 2.09. The molecular weight excluding hydrogens is 208 g/mol. The summed E-state index contributed by atoms with van der Waals surface area (Å²) in [5.74, 6) is 1.29. The zero-order chi connectivity index (χ0) is 10.9. The van der Waals surface area contributed by atoms with Crippen molar-refractivity contribution in [3.8, 4) is 0 Å². The van der Waals surface area contributed by atoms with E-state index >= 15 is 0 Å². The molecule has 0 spiro atoms. The van der Waals surface area contributed by atoms with Gasteiger partial charge in [-0.3, -0.25) is 0 Å². The van der Waals surface area contributed by atoms with Crippen LogP contribution >= 0.6 is 11.8 Å². The van der Waals surface area contributed by atoms with E-state index in [1.165, 1.54) is 25.4 Å². The Balaban J connectivity index is 1.90. The zero-order valence-electron chi connectivity index (χ0n) is 10.00. The standard InChI is InChI=1S/C11H24N2OS/c1-3-14-8-5-12-4-6-13-7-9-15-11(2)10-13/h11-12H,3-10H2,1-2H3. The van der Waals surface area contributed by atoms with Gasteiger partial charge in [-0.05, 0) is 6.92 Å². The highest BCUT2D eigenvalue weighted by molar-refractivity contribution is 7.99. The molecule has 4 heteroatoms. The summed E-state index contributed by atoms with van der Waals surface area (Å²) in [4.78, 5) is 2.55. The van der Waals surface area contributed by atoms with Gasteiger partial charge >= 0.3 is 0 Å². The van der Waals surface area contributed by atoms with Crippen molar-refractivity contribution >= 4 is 11.8 Å². The lowest BCUT2D eigenvalue weighted by Gasteiger charge is -2.30. The van der Waals surface area contributed by atoms with E-state index in [2.05, 4.69) is 28.9 Å². The molecule has 1 unspecified atom stereocenters. The fourth-order valence-corrected chi connectivity index (χ4v) is 2.83. The van der Waals surface area contributed by atoms with Gasteiger partial charge < -0.3 is 15.0 Å². The maximum Gasteiger partial charge on any atom is 0.0590 e. The molecule has 0 bridgehead atoms. The van der Waals surface area contributed by atoms with E-state index in [1.807, 2.05) is 6.92 Å². The van der Waals surface area contributed by atoms with Crippen molar-refractivity contribution in [3.63, 3.8) is 0 Å². The number of nitrogens with one attached hydrogen (secondary N) is 1. The minimum atomic E-state index is 0.808. The molecule has 3 nitrogen and oxygen atoms in total. The Labute approximate surface area is 97.9 Å². The first-order valence-electron chi connectivity index (χ1n) is 5.95. The SMILES string of the molecule is CCOCCNCCN1CCSC(C)C1. The molecule has 0 aliphatic carbocycles. The molecule has 1 fully saturated rings. The monoisotopic (exact) mass is 232 g/mol. The predicted molar refractivity (Wildman–Crippen MR) is 67.7 cm³/mol. The van der Waals surface area contributed by atoms with E-state index in [4.69, 9.17) is 4.74 Å². The van der Waals surface area contributed by atoms with Crippen LogP contribution in [0.4, 0.5) is 0 Å². The predicted octanol–water partition coefficient (Wildman–Crippen LogP) is 1.05. The smallest absolute Gasteiger partial charge is 0.0590 e. The quantitative estimate of drug-likeness (QED) is 0.663. The summed E-state index contributed by atoms with van der Waals surface area (Å²) in [5, 5.41) is 4.22. The maximum absolute atomic E-state index is 5.26. The number of thioether (sulfide) groups is 1. The van der Waals surface area contributed by atoms with Crippen molar-refractivity contribution in [2.75, 3.05) is 51.7 Å². The fourth-order valence-electron chi connectivity index (χ4n) is 1.74. The van der Waals surface area contributed by atoms with Crippen molar-refractivity contribution in [1.82, 2.24) is 10.2 Å². The molecule has 1 saturated heterocycles. The van der Waals surface area contributed by atoms with Crippen LogP contribution in [0.2, 0.25) is 0 Å². The minimum Gasteiger partial charge on any atom is -0.380 e. The zero-order valence-corrected chi connectivity index (χ0v) is 10.8. The van der Waals surface area contributed by atoms with Crippen molar-refractivity contribution in [3.05, 3.63) is 0 Å². The van der Waals surface area contributed by atoms with E-state index in [1.54, 1.807) is 0 Å². The first-order chi connectivity index (χ1) is 7.33. The van der Waals surface area contributed by atoms with Crippen LogP contribution in [0, 0.1) is 0 Å². The van der Waals surface area contributed by atoms with E-state index < -0.39 is 0 Å². The molecule has 0 radical (unpaired) electrons. The molecule has 1 rings (SSSR count). The molecule has 0 amide bonds. The first kappa shape index (κ1) is 13.3. The second kappa shape index (κ2) is 8.39. The van der Waals surface area contributed by atoms with Crippen LogP contribution in [0.3, 0.4) is 0 Å². The highest BCUT2D eigenvalue weighted by Crippen LogP contribution is 2.16. The molecule has 1 aliphatic heterocycles. The summed E-state index contributed by atoms with van der Waals surface area (Å²) in [5.41, 5.74) is 0. The van der Waals surface area contributed by atoms with E-state index in [0.717, 1.165) is 31.6 Å². The van der Waals surface area contributed by atoms with Gasteiger partial charge in [0.15, 0.2) is 0 Å². The molecule has 15 heavy (non-hydrogen) atoms. The van der Waals surface area contributed by atoms with Gasteiger partial charge in [-0.2, -0.15) is 11.8 Å². The third-order valence-corrected chi connectivity index (χ3v) is 3.69. The summed E-state index contributed by atoms with van der Waals surface area (Å²) in [7, 11) is 0. The van der Waals surface area contributed by atoms with Crippen LogP contribution in [0.1, 0.15) is 13.8 Å². The molecule has 1 aliphatic rings. The van der Waals surface area contributed by atoms with Crippen LogP contribution in [0.25, 0.3) is 0 Å². The maximum atomic E-state index is 5.26. The molecule has 0 aromatic rings. The van der Waals surface area contributed by atoms with Crippen molar-refractivity contribution in [2.45, 2.75) is 19.1 Å². The Morgan fingerprint density at radius 3 is 3.07 bits per heavy atom. The average Bonchev–Trinajstić information content (AvgIpc) is 2.23. The lowest BCUT2D eigenvalue weighted by Crippen LogP contribution is -2.41. The number of rotatable bonds is 7. The average molecular weight is 232 g/mol. The normalized spacial score (nSPS) is 23.2. The van der Waals surface area contributed by atoms with Gasteiger partial charge in [-0.15, -0.1) is 0 Å². The van der Waals surface area contributed by atoms with Crippen LogP contribution < -0.4 is 5.32 Å². The van der Waals surface area contributed by atoms with Crippen molar-refractivity contribution in [2.24, 2.45) is 0 Å². The second-order valence-electron chi connectivity index (χ2n) is 3.93. The molecule has 1 atom stereocenters. The summed E-state index contributed by atoms with van der Waals surface area (Å²) < 4.78 is 5.26. The molecule has 1 N–H and O–H groups in total. The van der Waals surface area contributed by atoms with E-state index in [-0.39, 0.29) is 0 Å². The van der Waals surface area contributed by atoms with E-state index in [9.17, 15) is 0 Å². The minimum absolute atomic E-state index is 0.808. The number of ether oxygens (including phenoxy) is 1.